The van der Waals surface area contributed by atoms with Crippen molar-refractivity contribution in [3.8, 4) is 5.75 Å². The fourth-order valence-corrected chi connectivity index (χ4v) is 0.949. The van der Waals surface area contributed by atoms with Gasteiger partial charge < -0.3 is 17.7 Å². The molecule has 0 saturated carbocycles. The van der Waals surface area contributed by atoms with Gasteiger partial charge >= 0.3 is 58.4 Å². The summed E-state index contributed by atoms with van der Waals surface area (Å²) in [5.41, 5.74) is -0.594. The van der Waals surface area contributed by atoms with Crippen LogP contribution in [0.5, 0.6) is 5.75 Å². The number of hydrogen-bond acceptors (Lipinski definition) is 1. The quantitative estimate of drug-likeness (QED) is 0.612. The van der Waals surface area contributed by atoms with Crippen molar-refractivity contribution in [3.05, 3.63) is 24.3 Å². The molecule has 0 heterocycles. The molecule has 0 fully saturated rings. The van der Waals surface area contributed by atoms with Crippen LogP contribution in [-0.4, -0.2) is 13.6 Å². The van der Waals surface area contributed by atoms with E-state index in [4.69, 9.17) is 4.74 Å². The van der Waals surface area contributed by atoms with Crippen molar-refractivity contribution in [1.29, 1.82) is 0 Å². The summed E-state index contributed by atoms with van der Waals surface area (Å²) in [5.74, 6) is 0.464. The van der Waals surface area contributed by atoms with Gasteiger partial charge in [-0.2, -0.15) is 0 Å². The average Bonchev–Trinajstić information content (AvgIpc) is 2.04. The first-order chi connectivity index (χ1) is 6.04. The van der Waals surface area contributed by atoms with Crippen LogP contribution < -0.4 is 61.6 Å². The molecule has 14 heavy (non-hydrogen) atoms. The maximum Gasteiger partial charge on any atom is 1.00 e. The number of halogens is 3. The summed E-state index contributed by atoms with van der Waals surface area (Å²) in [5, 5.41) is 0. The third-order valence-electron chi connectivity index (χ3n) is 1.57. The molecule has 0 saturated heterocycles. The number of hydrogen-bond donors (Lipinski definition) is 0. The van der Waals surface area contributed by atoms with Gasteiger partial charge in [-0.25, -0.2) is 0 Å². The second kappa shape index (κ2) is 6.17. The number of ether oxygens (including phenoxy) is 1. The predicted octanol–water partition coefficient (Wildman–Crippen LogP) is -0.856. The van der Waals surface area contributed by atoms with E-state index >= 15 is 0 Å². The van der Waals surface area contributed by atoms with Gasteiger partial charge in [0.2, 0.25) is 0 Å². The summed E-state index contributed by atoms with van der Waals surface area (Å²) in [6, 6.07) is 4.72. The summed E-state index contributed by atoms with van der Waals surface area (Å²) in [7, 11) is 0. The summed E-state index contributed by atoms with van der Waals surface area (Å²) in [6.45, 7) is -2.65. The topological polar surface area (TPSA) is 9.23 Å². The molecule has 0 aromatic heterocycles. The van der Waals surface area contributed by atoms with E-state index in [-0.39, 0.29) is 51.4 Å². The van der Waals surface area contributed by atoms with Crippen LogP contribution in [0, 0.1) is 0 Å². The fraction of sp³-hybridized carbons (Fsp3) is 0.250. The van der Waals surface area contributed by atoms with Crippen LogP contribution in [0.25, 0.3) is 0 Å². The molecule has 72 valence electrons. The molecule has 0 N–H and O–H groups in total. The average molecular weight is 228 g/mol. The minimum atomic E-state index is -4.89. The molecule has 1 nitrogen and oxygen atoms in total. The molecule has 0 atom stereocenters. The Morgan fingerprint density at radius 3 is 2.00 bits per heavy atom. The van der Waals surface area contributed by atoms with Gasteiger partial charge in [0.05, 0.1) is 6.61 Å². The van der Waals surface area contributed by atoms with E-state index in [1.807, 2.05) is 0 Å². The van der Waals surface area contributed by atoms with Crippen molar-refractivity contribution in [2.75, 3.05) is 6.61 Å². The molecular weight excluding hydrogens is 219 g/mol. The molecule has 0 radical (unpaired) electrons. The minimum Gasteiger partial charge on any atom is -0.494 e. The third-order valence-corrected chi connectivity index (χ3v) is 1.57. The molecule has 0 aliphatic heterocycles. The van der Waals surface area contributed by atoms with E-state index in [1.165, 1.54) is 12.1 Å². The summed E-state index contributed by atoms with van der Waals surface area (Å²) < 4.78 is 41.4. The molecule has 0 aliphatic carbocycles. The maximum atomic E-state index is 12.1. The van der Waals surface area contributed by atoms with Gasteiger partial charge in [0.1, 0.15) is 5.75 Å². The first-order valence-corrected chi connectivity index (χ1v) is 3.96. The van der Waals surface area contributed by atoms with Gasteiger partial charge in [-0.3, -0.25) is 0 Å². The van der Waals surface area contributed by atoms with E-state index in [2.05, 4.69) is 0 Å². The van der Waals surface area contributed by atoms with E-state index < -0.39 is 12.4 Å². The van der Waals surface area contributed by atoms with Gasteiger partial charge in [-0.1, -0.05) is 12.1 Å². The van der Waals surface area contributed by atoms with Gasteiger partial charge in [0.25, 0.3) is 0 Å². The summed E-state index contributed by atoms with van der Waals surface area (Å²) >= 11 is 0. The third kappa shape index (κ3) is 4.35. The smallest absolute Gasteiger partial charge is 0.494 e. The molecular formula is C8H9BF3KO. The van der Waals surface area contributed by atoms with E-state index in [0.717, 1.165) is 12.1 Å². The zero-order valence-corrected chi connectivity index (χ0v) is 11.3. The predicted molar refractivity (Wildman–Crippen MR) is 46.3 cm³/mol. The van der Waals surface area contributed by atoms with Gasteiger partial charge in [0, 0.05) is 0 Å². The molecule has 0 bridgehead atoms. The van der Waals surface area contributed by atoms with E-state index in [1.54, 1.807) is 6.92 Å². The van der Waals surface area contributed by atoms with Gasteiger partial charge in [-0.15, -0.1) is 5.46 Å². The molecule has 6 heteroatoms. The molecule has 1 aromatic carbocycles. The zero-order valence-electron chi connectivity index (χ0n) is 8.14. The Morgan fingerprint density at radius 1 is 1.14 bits per heavy atom. The molecule has 1 rings (SSSR count). The Bertz CT molecular complexity index is 273. The van der Waals surface area contributed by atoms with Crippen molar-refractivity contribution >= 4 is 12.4 Å². The van der Waals surface area contributed by atoms with Gasteiger partial charge in [-0.05, 0) is 19.1 Å². The van der Waals surface area contributed by atoms with Crippen LogP contribution >= 0.6 is 0 Å². The van der Waals surface area contributed by atoms with Crippen LogP contribution in [0.1, 0.15) is 6.92 Å². The SMILES string of the molecule is CCOc1ccc([B-](F)(F)F)cc1.[K+]. The molecule has 0 unspecified atom stereocenters. The Morgan fingerprint density at radius 2 is 1.64 bits per heavy atom. The van der Waals surface area contributed by atoms with Gasteiger partial charge in [0.15, 0.2) is 0 Å². The Balaban J connectivity index is 0.00000169. The summed E-state index contributed by atoms with van der Waals surface area (Å²) in [6.07, 6.45) is 0. The molecule has 0 spiro atoms. The standard InChI is InChI=1S/C8H9BF3O.K/c1-2-13-8-5-3-7(4-6-8)9(10,11)12;/h3-6H,2H2,1H3;/q-1;+1. The monoisotopic (exact) mass is 228 g/mol. The van der Waals surface area contributed by atoms with Crippen LogP contribution in [0.15, 0.2) is 24.3 Å². The fourth-order valence-electron chi connectivity index (χ4n) is 0.949. The molecule has 0 amide bonds. The molecule has 0 aliphatic rings. The minimum absolute atomic E-state index is 0. The van der Waals surface area contributed by atoms with Crippen LogP contribution in [0.3, 0.4) is 0 Å². The van der Waals surface area contributed by atoms with Crippen molar-refractivity contribution in [2.24, 2.45) is 0 Å². The Kier molecular flexibility index (Phi) is 6.40. The number of benzene rings is 1. The van der Waals surface area contributed by atoms with Crippen molar-refractivity contribution in [2.45, 2.75) is 6.92 Å². The van der Waals surface area contributed by atoms with Crippen molar-refractivity contribution in [1.82, 2.24) is 0 Å². The number of rotatable bonds is 3. The van der Waals surface area contributed by atoms with Crippen LogP contribution in [-0.2, 0) is 0 Å². The normalized spacial score (nSPS) is 10.6. The Hall–Kier alpha value is 0.511. The van der Waals surface area contributed by atoms with Crippen LogP contribution in [0.2, 0.25) is 0 Å². The van der Waals surface area contributed by atoms with Crippen molar-refractivity contribution in [3.63, 3.8) is 0 Å². The second-order valence-corrected chi connectivity index (χ2v) is 2.58. The largest absolute Gasteiger partial charge is 1.00 e. The first-order valence-electron chi connectivity index (χ1n) is 3.96. The van der Waals surface area contributed by atoms with Crippen LogP contribution in [0.4, 0.5) is 12.9 Å². The second-order valence-electron chi connectivity index (χ2n) is 2.58. The van der Waals surface area contributed by atoms with E-state index in [0.29, 0.717) is 12.4 Å². The Labute approximate surface area is 123 Å². The molecule has 1 aromatic rings. The zero-order chi connectivity index (χ0) is 9.90. The maximum absolute atomic E-state index is 12.1. The summed E-state index contributed by atoms with van der Waals surface area (Å²) in [4.78, 5) is 0. The van der Waals surface area contributed by atoms with Crippen molar-refractivity contribution < 1.29 is 69.1 Å². The first kappa shape index (κ1) is 14.5. The van der Waals surface area contributed by atoms with E-state index in [9.17, 15) is 12.9 Å².